The number of nitrogens with one attached hydrogen (secondary N) is 1. The first-order valence-electron chi connectivity index (χ1n) is 7.47. The number of hydrogen-bond acceptors (Lipinski definition) is 2. The maximum absolute atomic E-state index is 12.8. The molecule has 2 aromatic rings. The molecule has 0 aliphatic carbocycles. The second kappa shape index (κ2) is 4.43. The Balaban J connectivity index is 2.00. The molecule has 1 N–H and O–H groups in total. The highest BCUT2D eigenvalue weighted by Crippen LogP contribution is 2.43. The van der Waals surface area contributed by atoms with Gasteiger partial charge in [0, 0.05) is 17.7 Å². The quantitative estimate of drug-likeness (QED) is 0.869. The molecule has 2 heterocycles. The van der Waals surface area contributed by atoms with Crippen molar-refractivity contribution in [3.05, 3.63) is 70.8 Å². The molecule has 1 amide bonds. The zero-order chi connectivity index (χ0) is 14.4. The fourth-order valence-corrected chi connectivity index (χ4v) is 3.68. The molecule has 0 aromatic heterocycles. The van der Waals surface area contributed by atoms with Crippen LogP contribution in [0.15, 0.2) is 48.5 Å². The lowest BCUT2D eigenvalue weighted by molar-refractivity contribution is 0.0457. The van der Waals surface area contributed by atoms with Gasteiger partial charge in [-0.1, -0.05) is 48.0 Å². The second-order valence-corrected chi connectivity index (χ2v) is 5.86. The molecule has 2 aliphatic rings. The number of amides is 1. The van der Waals surface area contributed by atoms with E-state index in [9.17, 15) is 4.79 Å². The Morgan fingerprint density at radius 1 is 1.14 bits per heavy atom. The van der Waals surface area contributed by atoms with Gasteiger partial charge in [0.1, 0.15) is 5.66 Å². The summed E-state index contributed by atoms with van der Waals surface area (Å²) in [5.74, 6) is 0.138. The summed E-state index contributed by atoms with van der Waals surface area (Å²) in [4.78, 5) is 14.8. The van der Waals surface area contributed by atoms with Gasteiger partial charge in [0.15, 0.2) is 0 Å². The predicted molar refractivity (Wildman–Crippen MR) is 82.1 cm³/mol. The van der Waals surface area contributed by atoms with Crippen LogP contribution in [0, 0.1) is 6.92 Å². The molecule has 1 atom stereocenters. The van der Waals surface area contributed by atoms with Crippen molar-refractivity contribution in [3.63, 3.8) is 0 Å². The van der Waals surface area contributed by atoms with Crippen molar-refractivity contribution in [1.82, 2.24) is 10.2 Å². The van der Waals surface area contributed by atoms with Crippen LogP contribution < -0.4 is 5.32 Å². The molecule has 2 aliphatic heterocycles. The van der Waals surface area contributed by atoms with Crippen LogP contribution in [-0.2, 0) is 5.66 Å². The van der Waals surface area contributed by atoms with Crippen LogP contribution in [0.3, 0.4) is 0 Å². The molecule has 0 spiro atoms. The van der Waals surface area contributed by atoms with Crippen LogP contribution in [0.4, 0.5) is 0 Å². The van der Waals surface area contributed by atoms with Gasteiger partial charge in [0.2, 0.25) is 0 Å². The van der Waals surface area contributed by atoms with Gasteiger partial charge in [-0.25, -0.2) is 0 Å². The number of benzene rings is 2. The minimum absolute atomic E-state index is 0.138. The first-order valence-corrected chi connectivity index (χ1v) is 7.47. The van der Waals surface area contributed by atoms with Crippen LogP contribution in [0.2, 0.25) is 0 Å². The number of rotatable bonds is 1. The summed E-state index contributed by atoms with van der Waals surface area (Å²) in [6, 6.07) is 16.4. The highest BCUT2D eigenvalue weighted by Gasteiger charge is 2.51. The fourth-order valence-electron chi connectivity index (χ4n) is 3.68. The summed E-state index contributed by atoms with van der Waals surface area (Å²) >= 11 is 0. The summed E-state index contributed by atoms with van der Waals surface area (Å²) in [7, 11) is 0. The van der Waals surface area contributed by atoms with E-state index in [0.29, 0.717) is 0 Å². The summed E-state index contributed by atoms with van der Waals surface area (Å²) in [6.07, 6.45) is 0.993. The minimum atomic E-state index is -0.488. The number of carbonyl (C=O) groups excluding carboxylic acids is 1. The summed E-state index contributed by atoms with van der Waals surface area (Å²) in [5.41, 5.74) is 3.79. The van der Waals surface area contributed by atoms with Crippen LogP contribution in [0.1, 0.15) is 33.5 Å². The Morgan fingerprint density at radius 2 is 2.00 bits per heavy atom. The highest BCUT2D eigenvalue weighted by atomic mass is 16.2. The van der Waals surface area contributed by atoms with Crippen molar-refractivity contribution in [2.45, 2.75) is 19.0 Å². The number of fused-ring (bicyclic) bond motifs is 3. The lowest BCUT2D eigenvalue weighted by Gasteiger charge is -2.44. The van der Waals surface area contributed by atoms with E-state index in [0.717, 1.165) is 36.2 Å². The van der Waals surface area contributed by atoms with E-state index in [1.54, 1.807) is 0 Å². The smallest absolute Gasteiger partial charge is 0.256 e. The third kappa shape index (κ3) is 1.61. The molecule has 106 valence electrons. The molecule has 3 heteroatoms. The second-order valence-electron chi connectivity index (χ2n) is 5.86. The van der Waals surface area contributed by atoms with E-state index in [-0.39, 0.29) is 5.91 Å². The monoisotopic (exact) mass is 278 g/mol. The average molecular weight is 278 g/mol. The van der Waals surface area contributed by atoms with Crippen molar-refractivity contribution in [1.29, 1.82) is 0 Å². The third-order valence-electron chi connectivity index (χ3n) is 4.57. The zero-order valence-corrected chi connectivity index (χ0v) is 12.1. The molecular formula is C18H18N2O. The molecule has 4 rings (SSSR count). The molecule has 0 bridgehead atoms. The van der Waals surface area contributed by atoms with Crippen molar-refractivity contribution < 1.29 is 4.79 Å². The fraction of sp³-hybridized carbons (Fsp3) is 0.278. The Bertz CT molecular complexity index is 725. The van der Waals surface area contributed by atoms with Crippen molar-refractivity contribution >= 4 is 5.91 Å². The molecule has 1 saturated heterocycles. The molecule has 0 radical (unpaired) electrons. The SMILES string of the molecule is Cc1cccc(C23NCCCN2C(=O)c2ccccc23)c1. The van der Waals surface area contributed by atoms with E-state index in [1.807, 2.05) is 23.1 Å². The lowest BCUT2D eigenvalue weighted by atomic mass is 9.88. The van der Waals surface area contributed by atoms with Crippen LogP contribution in [0.5, 0.6) is 0 Å². The predicted octanol–water partition coefficient (Wildman–Crippen LogP) is 2.65. The summed E-state index contributed by atoms with van der Waals surface area (Å²) in [6.45, 7) is 3.82. The number of aryl methyl sites for hydroxylation is 1. The van der Waals surface area contributed by atoms with Gasteiger partial charge in [-0.3, -0.25) is 10.1 Å². The van der Waals surface area contributed by atoms with E-state index >= 15 is 0 Å². The van der Waals surface area contributed by atoms with E-state index in [1.165, 1.54) is 5.56 Å². The minimum Gasteiger partial charge on any atom is -0.312 e. The molecule has 1 unspecified atom stereocenters. The molecule has 21 heavy (non-hydrogen) atoms. The molecule has 2 aromatic carbocycles. The first-order chi connectivity index (χ1) is 10.2. The number of hydrogen-bond donors (Lipinski definition) is 1. The standard InChI is InChI=1S/C18H18N2O/c1-13-6-4-7-14(12-13)18-16-9-3-2-8-15(16)17(21)20(18)11-5-10-19-18/h2-4,6-9,12,19H,5,10-11H2,1H3. The van der Waals surface area contributed by atoms with Crippen LogP contribution >= 0.6 is 0 Å². The maximum Gasteiger partial charge on any atom is 0.256 e. The topological polar surface area (TPSA) is 32.3 Å². The van der Waals surface area contributed by atoms with Crippen LogP contribution in [0.25, 0.3) is 0 Å². The van der Waals surface area contributed by atoms with Gasteiger partial charge in [0.25, 0.3) is 5.91 Å². The Kier molecular flexibility index (Phi) is 2.66. The van der Waals surface area contributed by atoms with Gasteiger partial charge in [0.05, 0.1) is 0 Å². The van der Waals surface area contributed by atoms with E-state index < -0.39 is 5.66 Å². The Labute approximate surface area is 124 Å². The number of carbonyl (C=O) groups is 1. The van der Waals surface area contributed by atoms with Crippen LogP contribution in [-0.4, -0.2) is 23.9 Å². The molecular weight excluding hydrogens is 260 g/mol. The highest BCUT2D eigenvalue weighted by molar-refractivity contribution is 6.00. The van der Waals surface area contributed by atoms with E-state index in [2.05, 4.69) is 42.6 Å². The lowest BCUT2D eigenvalue weighted by Crippen LogP contribution is -2.59. The average Bonchev–Trinajstić information content (AvgIpc) is 2.79. The van der Waals surface area contributed by atoms with Crippen molar-refractivity contribution in [3.8, 4) is 0 Å². The van der Waals surface area contributed by atoms with Gasteiger partial charge >= 0.3 is 0 Å². The van der Waals surface area contributed by atoms with Gasteiger partial charge in [-0.15, -0.1) is 0 Å². The number of nitrogens with zero attached hydrogens (tertiary/aromatic N) is 1. The normalized spacial score (nSPS) is 23.9. The third-order valence-corrected chi connectivity index (χ3v) is 4.57. The maximum atomic E-state index is 12.8. The van der Waals surface area contributed by atoms with Gasteiger partial charge in [-0.05, 0) is 31.5 Å². The molecule has 0 saturated carbocycles. The van der Waals surface area contributed by atoms with Gasteiger partial charge < -0.3 is 4.90 Å². The Hall–Kier alpha value is -2.13. The molecule has 1 fully saturated rings. The van der Waals surface area contributed by atoms with Gasteiger partial charge in [-0.2, -0.15) is 0 Å². The summed E-state index contributed by atoms with van der Waals surface area (Å²) < 4.78 is 0. The van der Waals surface area contributed by atoms with Crippen molar-refractivity contribution in [2.75, 3.05) is 13.1 Å². The van der Waals surface area contributed by atoms with Crippen molar-refractivity contribution in [2.24, 2.45) is 0 Å². The van der Waals surface area contributed by atoms with E-state index in [4.69, 9.17) is 0 Å². The largest absolute Gasteiger partial charge is 0.312 e. The summed E-state index contributed by atoms with van der Waals surface area (Å²) in [5, 5.41) is 3.63. The first kappa shape index (κ1) is 12.6. The zero-order valence-electron chi connectivity index (χ0n) is 12.1. The molecule has 3 nitrogen and oxygen atoms in total. The Morgan fingerprint density at radius 3 is 2.86 bits per heavy atom.